The van der Waals surface area contributed by atoms with Crippen LogP contribution in [0, 0.1) is 18.8 Å². The Morgan fingerprint density at radius 1 is 1.36 bits per heavy atom. The van der Waals surface area contributed by atoms with Crippen LogP contribution in [0.1, 0.15) is 46.1 Å². The summed E-state index contributed by atoms with van der Waals surface area (Å²) in [4.78, 5) is 14.9. The second-order valence-corrected chi connectivity index (χ2v) is 6.48. The van der Waals surface area contributed by atoms with E-state index in [4.69, 9.17) is 33.5 Å². The van der Waals surface area contributed by atoms with Gasteiger partial charge in [-0.05, 0) is 37.0 Å². The van der Waals surface area contributed by atoms with Crippen molar-refractivity contribution in [1.82, 2.24) is 10.4 Å². The Balaban J connectivity index is 0. The van der Waals surface area contributed by atoms with E-state index in [-0.39, 0.29) is 13.0 Å². The standard InChI is InChI=1S/C8H11ClN2O.C8H18N4O2.C2H6/c1-6-4-7(9)11-8(5-6)10-2-3-12;1-5(2)3-6(8(13)14)4-7(11-9)12-10;1-2/h4-5,12H,2-3H2,1H3,(H,10,11);5-6H,3-4,9-10H2,1-2H3,(H,11,12)(H,13,14);1-2H3. The molecule has 1 rings (SSSR count). The van der Waals surface area contributed by atoms with Crippen molar-refractivity contribution in [3.63, 3.8) is 0 Å². The van der Waals surface area contributed by atoms with Gasteiger partial charge in [-0.1, -0.05) is 39.3 Å². The molecule has 162 valence electrons. The molecule has 0 aliphatic carbocycles. The average molecular weight is 419 g/mol. The Hall–Kier alpha value is -2.10. The maximum absolute atomic E-state index is 10.8. The molecule has 1 aromatic heterocycles. The van der Waals surface area contributed by atoms with Crippen molar-refractivity contribution in [3.05, 3.63) is 22.8 Å². The minimum absolute atomic E-state index is 0.0905. The van der Waals surface area contributed by atoms with E-state index in [2.05, 4.69) is 20.8 Å². The Morgan fingerprint density at radius 3 is 2.36 bits per heavy atom. The second-order valence-electron chi connectivity index (χ2n) is 6.09. The normalized spacial score (nSPS) is 11.5. The summed E-state index contributed by atoms with van der Waals surface area (Å²) in [6.07, 6.45) is 0.816. The number of pyridine rings is 1. The van der Waals surface area contributed by atoms with Gasteiger partial charge in [-0.3, -0.25) is 4.79 Å². The van der Waals surface area contributed by atoms with Crippen molar-refractivity contribution in [1.29, 1.82) is 0 Å². The average Bonchev–Trinajstić information content (AvgIpc) is 2.64. The third-order valence-electron chi connectivity index (χ3n) is 3.22. The van der Waals surface area contributed by atoms with E-state index >= 15 is 0 Å². The van der Waals surface area contributed by atoms with E-state index in [1.807, 2.05) is 40.7 Å². The van der Waals surface area contributed by atoms with Crippen LogP contribution in [0.5, 0.6) is 0 Å². The van der Waals surface area contributed by atoms with E-state index in [9.17, 15) is 4.79 Å². The molecule has 0 aliphatic heterocycles. The first kappa shape index (κ1) is 28.1. The van der Waals surface area contributed by atoms with Crippen LogP contribution in [0.15, 0.2) is 17.2 Å². The number of carbonyl (C=O) groups is 1. The van der Waals surface area contributed by atoms with Gasteiger partial charge in [0.15, 0.2) is 0 Å². The molecule has 0 spiro atoms. The van der Waals surface area contributed by atoms with Crippen LogP contribution in [0.4, 0.5) is 5.82 Å². The summed E-state index contributed by atoms with van der Waals surface area (Å²) in [5.74, 6) is 10.1. The van der Waals surface area contributed by atoms with Gasteiger partial charge in [-0.2, -0.15) is 5.10 Å². The van der Waals surface area contributed by atoms with E-state index < -0.39 is 11.9 Å². The van der Waals surface area contributed by atoms with Gasteiger partial charge in [0.1, 0.15) is 16.8 Å². The zero-order valence-electron chi connectivity index (χ0n) is 17.4. The highest BCUT2D eigenvalue weighted by atomic mass is 35.5. The molecule has 1 atom stereocenters. The van der Waals surface area contributed by atoms with Crippen LogP contribution < -0.4 is 22.4 Å². The summed E-state index contributed by atoms with van der Waals surface area (Å²) in [7, 11) is 0. The van der Waals surface area contributed by atoms with Gasteiger partial charge in [0.25, 0.3) is 0 Å². The molecule has 9 nitrogen and oxygen atoms in total. The number of nitrogens with zero attached hydrogens (tertiary/aromatic N) is 2. The topological polar surface area (TPSA) is 159 Å². The maximum Gasteiger partial charge on any atom is 0.306 e. The molecule has 0 saturated carbocycles. The lowest BCUT2D eigenvalue weighted by atomic mass is 9.94. The maximum atomic E-state index is 10.8. The fraction of sp³-hybridized carbons (Fsp3) is 0.611. The van der Waals surface area contributed by atoms with Crippen LogP contribution in [0.25, 0.3) is 0 Å². The number of aliphatic hydroxyl groups excluding tert-OH is 1. The highest BCUT2D eigenvalue weighted by Gasteiger charge is 2.20. The molecule has 0 fully saturated rings. The lowest BCUT2D eigenvalue weighted by molar-refractivity contribution is -0.142. The van der Waals surface area contributed by atoms with Crippen LogP contribution in [-0.4, -0.2) is 40.2 Å². The predicted molar refractivity (Wildman–Crippen MR) is 115 cm³/mol. The number of hydrazone groups is 1. The van der Waals surface area contributed by atoms with Gasteiger partial charge in [-0.15, -0.1) is 0 Å². The Morgan fingerprint density at radius 2 is 1.96 bits per heavy atom. The number of aliphatic hydroxyl groups is 1. The summed E-state index contributed by atoms with van der Waals surface area (Å²) in [6.45, 7) is 10.5. The Bertz CT molecular complexity index is 564. The number of aromatic nitrogens is 1. The van der Waals surface area contributed by atoms with Crippen LogP contribution in [0.2, 0.25) is 5.15 Å². The van der Waals surface area contributed by atoms with Crippen molar-refractivity contribution in [3.8, 4) is 0 Å². The second kappa shape index (κ2) is 17.0. The molecule has 1 unspecified atom stereocenters. The zero-order chi connectivity index (χ0) is 22.1. The third-order valence-corrected chi connectivity index (χ3v) is 3.42. The SMILES string of the molecule is CC.CC(C)CC(C/C(=N/N)NN)C(=O)O.Cc1cc(Cl)nc(NCCO)c1. The minimum Gasteiger partial charge on any atom is -0.481 e. The van der Waals surface area contributed by atoms with Crippen LogP contribution >= 0.6 is 11.6 Å². The lowest BCUT2D eigenvalue weighted by Crippen LogP contribution is -2.34. The Labute approximate surface area is 172 Å². The summed E-state index contributed by atoms with van der Waals surface area (Å²) in [5, 5.41) is 24.2. The summed E-state index contributed by atoms with van der Waals surface area (Å²) in [5.41, 5.74) is 3.32. The number of nitrogens with two attached hydrogens (primary N) is 2. The summed E-state index contributed by atoms with van der Waals surface area (Å²) < 4.78 is 0. The fourth-order valence-electron chi connectivity index (χ4n) is 2.12. The largest absolute Gasteiger partial charge is 0.481 e. The smallest absolute Gasteiger partial charge is 0.306 e. The van der Waals surface area contributed by atoms with Crippen molar-refractivity contribution in [2.45, 2.75) is 47.5 Å². The molecule has 28 heavy (non-hydrogen) atoms. The minimum atomic E-state index is -0.852. The van der Waals surface area contributed by atoms with Crippen molar-refractivity contribution in [2.24, 2.45) is 28.6 Å². The molecular weight excluding hydrogens is 384 g/mol. The number of aryl methyl sites for hydroxylation is 1. The van der Waals surface area contributed by atoms with Crippen molar-refractivity contribution >= 4 is 29.2 Å². The lowest BCUT2D eigenvalue weighted by Gasteiger charge is -2.14. The number of anilines is 1. The molecule has 0 amide bonds. The molecule has 1 aromatic rings. The van der Waals surface area contributed by atoms with E-state index in [0.29, 0.717) is 35.7 Å². The highest BCUT2D eigenvalue weighted by Crippen LogP contribution is 2.15. The Kier molecular flexibility index (Phi) is 17.1. The number of hydrazine groups is 1. The molecule has 10 heteroatoms. The van der Waals surface area contributed by atoms with E-state index in [0.717, 1.165) is 5.56 Å². The number of hydrogen-bond donors (Lipinski definition) is 6. The van der Waals surface area contributed by atoms with Gasteiger partial charge in [0.05, 0.1) is 12.5 Å². The molecular formula is C18H35ClN6O3. The van der Waals surface area contributed by atoms with Crippen molar-refractivity contribution < 1.29 is 15.0 Å². The van der Waals surface area contributed by atoms with Gasteiger partial charge >= 0.3 is 5.97 Å². The highest BCUT2D eigenvalue weighted by molar-refractivity contribution is 6.29. The van der Waals surface area contributed by atoms with Gasteiger partial charge in [0.2, 0.25) is 0 Å². The number of carboxylic acids is 1. The van der Waals surface area contributed by atoms with Gasteiger partial charge < -0.3 is 26.8 Å². The number of nitrogens with one attached hydrogen (secondary N) is 2. The zero-order valence-corrected chi connectivity index (χ0v) is 18.1. The molecule has 0 aromatic carbocycles. The molecule has 0 radical (unpaired) electrons. The first-order valence-electron chi connectivity index (χ1n) is 9.18. The third kappa shape index (κ3) is 14.0. The van der Waals surface area contributed by atoms with Crippen LogP contribution in [0.3, 0.4) is 0 Å². The summed E-state index contributed by atoms with van der Waals surface area (Å²) in [6, 6.07) is 3.66. The number of aliphatic carboxylic acids is 1. The number of rotatable bonds is 8. The molecule has 0 aliphatic rings. The predicted octanol–water partition coefficient (Wildman–Crippen LogP) is 2.33. The fourth-order valence-corrected chi connectivity index (χ4v) is 2.39. The molecule has 0 bridgehead atoms. The summed E-state index contributed by atoms with van der Waals surface area (Å²) >= 11 is 5.72. The monoisotopic (exact) mass is 418 g/mol. The van der Waals surface area contributed by atoms with Crippen molar-refractivity contribution in [2.75, 3.05) is 18.5 Å². The molecule has 1 heterocycles. The number of amidine groups is 1. The first-order chi connectivity index (χ1) is 13.2. The number of hydrogen-bond acceptors (Lipinski definition) is 7. The van der Waals surface area contributed by atoms with E-state index in [1.54, 1.807) is 6.07 Å². The van der Waals surface area contributed by atoms with Crippen LogP contribution in [-0.2, 0) is 4.79 Å². The molecule has 8 N–H and O–H groups in total. The van der Waals surface area contributed by atoms with Gasteiger partial charge in [0, 0.05) is 13.0 Å². The quantitative estimate of drug-likeness (QED) is 0.123. The molecule has 0 saturated heterocycles. The van der Waals surface area contributed by atoms with Gasteiger partial charge in [-0.25, -0.2) is 10.8 Å². The van der Waals surface area contributed by atoms with E-state index in [1.165, 1.54) is 0 Å². The first-order valence-corrected chi connectivity index (χ1v) is 9.56. The number of carboxylic acid groups (broad SMARTS) is 1. The number of halogens is 1.